The molecule has 0 aliphatic rings. The normalized spacial score (nSPS) is 12.0. The van der Waals surface area contributed by atoms with E-state index in [1.807, 2.05) is 12.1 Å². The van der Waals surface area contributed by atoms with Crippen molar-refractivity contribution in [3.05, 3.63) is 29.8 Å². The molecule has 1 aromatic rings. The van der Waals surface area contributed by atoms with E-state index in [2.05, 4.69) is 0 Å². The van der Waals surface area contributed by atoms with Gasteiger partial charge in [0.1, 0.15) is 0 Å². The van der Waals surface area contributed by atoms with E-state index in [-0.39, 0.29) is 0 Å². The van der Waals surface area contributed by atoms with Gasteiger partial charge in [-0.3, -0.25) is 0 Å². The van der Waals surface area contributed by atoms with Gasteiger partial charge in [0.25, 0.3) is 0 Å². The van der Waals surface area contributed by atoms with Gasteiger partial charge in [0.2, 0.25) is 0 Å². The molecule has 0 radical (unpaired) electrons. The molecule has 0 bridgehead atoms. The van der Waals surface area contributed by atoms with Crippen molar-refractivity contribution in [2.45, 2.75) is 17.7 Å². The van der Waals surface area contributed by atoms with Crippen molar-refractivity contribution in [1.29, 1.82) is 0 Å². The third kappa shape index (κ3) is 4.46. The molecule has 0 aliphatic carbocycles. The van der Waals surface area contributed by atoms with Crippen LogP contribution in [0.1, 0.15) is 12.0 Å². The zero-order chi connectivity index (χ0) is 12.9. The maximum absolute atomic E-state index is 11.3. The molecule has 0 unspecified atom stereocenters. The van der Waals surface area contributed by atoms with Gasteiger partial charge in [-0.15, -0.1) is 0 Å². The number of rotatable bonds is 6. The van der Waals surface area contributed by atoms with Crippen molar-refractivity contribution >= 4 is 9.84 Å². The molecular weight excluding hydrogens is 236 g/mol. The fourth-order valence-electron chi connectivity index (χ4n) is 1.61. The van der Waals surface area contributed by atoms with Crippen molar-refractivity contribution in [1.82, 2.24) is 0 Å². The minimum atomic E-state index is -3.10. The Kier molecular flexibility index (Phi) is 5.11. The third-order valence-corrected chi connectivity index (χ3v) is 3.99. The minimum absolute atomic E-state index is 0.338. The van der Waals surface area contributed by atoms with Gasteiger partial charge in [-0.2, -0.15) is 0 Å². The molecule has 4 N–H and O–H groups in total. The summed E-state index contributed by atoms with van der Waals surface area (Å²) >= 11 is 0. The van der Waals surface area contributed by atoms with E-state index in [9.17, 15) is 8.42 Å². The zero-order valence-electron chi connectivity index (χ0n) is 10.1. The van der Waals surface area contributed by atoms with Gasteiger partial charge in [0.15, 0.2) is 9.84 Å². The number of benzene rings is 1. The topological polar surface area (TPSA) is 86.2 Å². The molecule has 0 spiro atoms. The lowest BCUT2D eigenvalue weighted by Gasteiger charge is -2.11. The highest BCUT2D eigenvalue weighted by molar-refractivity contribution is 7.90. The molecule has 4 nitrogen and oxygen atoms in total. The van der Waals surface area contributed by atoms with Gasteiger partial charge in [-0.25, -0.2) is 8.42 Å². The Morgan fingerprint density at radius 2 is 1.65 bits per heavy atom. The Labute approximate surface area is 103 Å². The van der Waals surface area contributed by atoms with E-state index in [1.54, 1.807) is 12.1 Å². The average Bonchev–Trinajstić information content (AvgIpc) is 2.30. The summed E-state index contributed by atoms with van der Waals surface area (Å²) in [6.07, 6.45) is 3.02. The molecule has 17 heavy (non-hydrogen) atoms. The molecule has 0 heterocycles. The molecule has 0 atom stereocenters. The Morgan fingerprint density at radius 3 is 2.06 bits per heavy atom. The lowest BCUT2D eigenvalue weighted by Crippen LogP contribution is -2.23. The van der Waals surface area contributed by atoms with Crippen molar-refractivity contribution < 1.29 is 8.42 Å². The second-order valence-corrected chi connectivity index (χ2v) is 6.31. The van der Waals surface area contributed by atoms with Crippen LogP contribution in [0.3, 0.4) is 0 Å². The van der Waals surface area contributed by atoms with E-state index in [1.165, 1.54) is 6.26 Å². The summed E-state index contributed by atoms with van der Waals surface area (Å²) in [6.45, 7) is 1.19. The van der Waals surface area contributed by atoms with Gasteiger partial charge in [0, 0.05) is 6.26 Å². The number of nitrogens with two attached hydrogens (primary N) is 2. The summed E-state index contributed by atoms with van der Waals surface area (Å²) in [6, 6.07) is 6.98. The van der Waals surface area contributed by atoms with Crippen LogP contribution in [-0.4, -0.2) is 27.8 Å². The molecule has 0 saturated carbocycles. The minimum Gasteiger partial charge on any atom is -0.330 e. The van der Waals surface area contributed by atoms with Crippen molar-refractivity contribution in [2.24, 2.45) is 17.4 Å². The van der Waals surface area contributed by atoms with Gasteiger partial charge >= 0.3 is 0 Å². The van der Waals surface area contributed by atoms with Gasteiger partial charge in [-0.1, -0.05) is 12.1 Å². The molecule has 0 fully saturated rings. The van der Waals surface area contributed by atoms with E-state index in [4.69, 9.17) is 11.5 Å². The Bertz CT molecular complexity index is 436. The van der Waals surface area contributed by atoms with E-state index >= 15 is 0 Å². The Balaban J connectivity index is 2.63. The Hall–Kier alpha value is -0.910. The van der Waals surface area contributed by atoms with Gasteiger partial charge in [-0.05, 0) is 49.5 Å². The van der Waals surface area contributed by atoms with E-state index < -0.39 is 9.84 Å². The van der Waals surface area contributed by atoms with Crippen LogP contribution in [0.2, 0.25) is 0 Å². The molecule has 5 heteroatoms. The summed E-state index contributed by atoms with van der Waals surface area (Å²) in [7, 11) is -3.10. The molecule has 0 aliphatic heterocycles. The second kappa shape index (κ2) is 6.14. The van der Waals surface area contributed by atoms with Crippen molar-refractivity contribution in [2.75, 3.05) is 19.3 Å². The molecule has 1 aromatic carbocycles. The van der Waals surface area contributed by atoms with Gasteiger partial charge in [0.05, 0.1) is 4.90 Å². The van der Waals surface area contributed by atoms with Crippen molar-refractivity contribution in [3.63, 3.8) is 0 Å². The standard InChI is InChI=1S/C12H20N2O2S/c1-17(15,16)12-6-4-10(5-7-12)2-3-11(8-13)9-14/h4-7,11H,2-3,8-9,13-14H2,1H3. The summed E-state index contributed by atoms with van der Waals surface area (Å²) in [5.41, 5.74) is 12.3. The Morgan fingerprint density at radius 1 is 1.12 bits per heavy atom. The van der Waals surface area contributed by atoms with E-state index in [0.29, 0.717) is 23.9 Å². The lowest BCUT2D eigenvalue weighted by molar-refractivity contribution is 0.507. The summed E-state index contributed by atoms with van der Waals surface area (Å²) < 4.78 is 22.5. The second-order valence-electron chi connectivity index (χ2n) is 4.29. The third-order valence-electron chi connectivity index (χ3n) is 2.86. The van der Waals surface area contributed by atoms with Gasteiger partial charge < -0.3 is 11.5 Å². The highest BCUT2D eigenvalue weighted by Crippen LogP contribution is 2.13. The van der Waals surface area contributed by atoms with Crippen LogP contribution in [-0.2, 0) is 16.3 Å². The SMILES string of the molecule is CS(=O)(=O)c1ccc(CCC(CN)CN)cc1. The summed E-state index contributed by atoms with van der Waals surface area (Å²) in [4.78, 5) is 0.357. The quantitative estimate of drug-likeness (QED) is 0.778. The van der Waals surface area contributed by atoms with Crippen LogP contribution in [0, 0.1) is 5.92 Å². The van der Waals surface area contributed by atoms with Crippen LogP contribution in [0.15, 0.2) is 29.2 Å². The number of hydrogen-bond donors (Lipinski definition) is 2. The predicted molar refractivity (Wildman–Crippen MR) is 69.5 cm³/mol. The molecule has 0 saturated heterocycles. The highest BCUT2D eigenvalue weighted by Gasteiger charge is 2.07. The fraction of sp³-hybridized carbons (Fsp3) is 0.500. The van der Waals surface area contributed by atoms with Crippen LogP contribution in [0.5, 0.6) is 0 Å². The molecule has 96 valence electrons. The largest absolute Gasteiger partial charge is 0.330 e. The monoisotopic (exact) mass is 256 g/mol. The highest BCUT2D eigenvalue weighted by atomic mass is 32.2. The number of sulfone groups is 1. The van der Waals surface area contributed by atoms with Crippen molar-refractivity contribution in [3.8, 4) is 0 Å². The van der Waals surface area contributed by atoms with Crippen LogP contribution in [0.25, 0.3) is 0 Å². The predicted octanol–water partition coefficient (Wildman–Crippen LogP) is 0.556. The first-order chi connectivity index (χ1) is 7.97. The maximum Gasteiger partial charge on any atom is 0.175 e. The van der Waals surface area contributed by atoms with Crippen LogP contribution in [0.4, 0.5) is 0 Å². The average molecular weight is 256 g/mol. The first-order valence-corrected chi connectivity index (χ1v) is 7.55. The molecule has 0 aromatic heterocycles. The number of aryl methyl sites for hydroxylation is 1. The number of hydrogen-bond acceptors (Lipinski definition) is 4. The smallest absolute Gasteiger partial charge is 0.175 e. The molecule has 0 amide bonds. The fourth-order valence-corrected chi connectivity index (χ4v) is 2.24. The summed E-state index contributed by atoms with van der Waals surface area (Å²) in [5.74, 6) is 0.338. The first-order valence-electron chi connectivity index (χ1n) is 5.66. The first kappa shape index (κ1) is 14.2. The maximum atomic E-state index is 11.3. The molecule has 1 rings (SSSR count). The molecular formula is C12H20N2O2S. The van der Waals surface area contributed by atoms with E-state index in [0.717, 1.165) is 18.4 Å². The lowest BCUT2D eigenvalue weighted by atomic mass is 10.00. The zero-order valence-corrected chi connectivity index (χ0v) is 10.9. The van der Waals surface area contributed by atoms with Crippen LogP contribution >= 0.6 is 0 Å². The summed E-state index contributed by atoms with van der Waals surface area (Å²) in [5, 5.41) is 0. The van der Waals surface area contributed by atoms with Crippen LogP contribution < -0.4 is 11.5 Å².